The van der Waals surface area contributed by atoms with Gasteiger partial charge in [-0.05, 0) is 26.3 Å². The minimum Gasteiger partial charge on any atom is -0.372 e. The van der Waals surface area contributed by atoms with Crippen LogP contribution in [-0.4, -0.2) is 64.4 Å². The lowest BCUT2D eigenvalue weighted by atomic mass is 10.1. The first kappa shape index (κ1) is 20.0. The van der Waals surface area contributed by atoms with Crippen LogP contribution in [0.4, 0.5) is 18.9 Å². The number of nitrogens with one attached hydrogen (secondary N) is 2. The Morgan fingerprint density at radius 1 is 1.36 bits per heavy atom. The third-order valence-electron chi connectivity index (χ3n) is 4.87. The Kier molecular flexibility index (Phi) is 5.52. The molecule has 0 radical (unpaired) electrons. The van der Waals surface area contributed by atoms with Crippen LogP contribution in [0.25, 0.3) is 0 Å². The summed E-state index contributed by atoms with van der Waals surface area (Å²) in [6, 6.07) is -0.0101. The summed E-state index contributed by atoms with van der Waals surface area (Å²) in [7, 11) is 1.74. The van der Waals surface area contributed by atoms with E-state index in [1.54, 1.807) is 30.5 Å². The number of piperidine rings is 1. The molecule has 2 atom stereocenters. The van der Waals surface area contributed by atoms with Crippen molar-refractivity contribution in [1.29, 1.82) is 0 Å². The molecule has 1 aromatic rings. The number of rotatable bonds is 5. The second-order valence-electron chi connectivity index (χ2n) is 6.79. The minimum absolute atomic E-state index is 0.0101. The van der Waals surface area contributed by atoms with E-state index in [1.807, 2.05) is 0 Å². The summed E-state index contributed by atoms with van der Waals surface area (Å²) in [6.07, 6.45) is -0.740. The van der Waals surface area contributed by atoms with E-state index in [-0.39, 0.29) is 22.7 Å². The second-order valence-corrected chi connectivity index (χ2v) is 6.79. The molecule has 0 spiro atoms. The summed E-state index contributed by atoms with van der Waals surface area (Å²) in [5, 5.41) is 9.89. The Morgan fingerprint density at radius 2 is 2.11 bits per heavy atom. The number of alkyl halides is 3. The molecule has 1 amide bonds. The fourth-order valence-corrected chi connectivity index (χ4v) is 3.44. The van der Waals surface area contributed by atoms with Crippen LogP contribution >= 0.6 is 0 Å². The lowest BCUT2D eigenvalue weighted by Gasteiger charge is -2.36. The summed E-state index contributed by atoms with van der Waals surface area (Å²) in [6.45, 7) is 4.38. The molecular weight excluding hydrogens is 375 g/mol. The molecule has 1 aromatic heterocycles. The topological polar surface area (TPSA) is 77.8 Å². The fraction of sp³-hybridized carbons (Fsp3) is 0.588. The molecular formula is C17H24F3N7O. The number of aliphatic imine (C=N–C) groups is 1. The number of aromatic nitrogens is 2. The summed E-state index contributed by atoms with van der Waals surface area (Å²) in [5.74, 6) is 0.0134. The van der Waals surface area contributed by atoms with Crippen molar-refractivity contribution in [3.63, 3.8) is 0 Å². The first-order chi connectivity index (χ1) is 13.2. The average molecular weight is 399 g/mol. The normalized spacial score (nSPS) is 23.1. The van der Waals surface area contributed by atoms with Gasteiger partial charge in [-0.1, -0.05) is 0 Å². The maximum Gasteiger partial charge on any atom is 0.489 e. The molecule has 2 unspecified atom stereocenters. The number of likely N-dealkylation sites (N-methyl/N-ethyl adjacent to an activating group) is 1. The van der Waals surface area contributed by atoms with Gasteiger partial charge in [-0.15, -0.1) is 13.2 Å². The van der Waals surface area contributed by atoms with E-state index in [1.165, 1.54) is 18.5 Å². The molecule has 8 nitrogen and oxygen atoms in total. The third kappa shape index (κ3) is 3.92. The highest BCUT2D eigenvalue weighted by Gasteiger charge is 2.44. The molecule has 0 saturated carbocycles. The Labute approximate surface area is 161 Å². The van der Waals surface area contributed by atoms with Crippen molar-refractivity contribution >= 4 is 17.8 Å². The van der Waals surface area contributed by atoms with E-state index in [9.17, 15) is 18.0 Å². The highest BCUT2D eigenvalue weighted by molar-refractivity contribution is 5.76. The third-order valence-corrected chi connectivity index (χ3v) is 4.87. The molecule has 3 rings (SSSR count). The van der Waals surface area contributed by atoms with Crippen molar-refractivity contribution in [2.24, 2.45) is 4.99 Å². The first-order valence-electron chi connectivity index (χ1n) is 9.10. The van der Waals surface area contributed by atoms with Gasteiger partial charge < -0.3 is 15.5 Å². The Balaban J connectivity index is 1.80. The summed E-state index contributed by atoms with van der Waals surface area (Å²) in [4.78, 5) is 17.5. The standard InChI is InChI=1S/C17H24F3N7O/c1-4-21-14-7-8-22-16(26(14)17(18,19)20)24-13-9-23-27(11(13)2)12-5-6-15(28)25(3)10-12/h7-9,12,16,21,24H,4-6,10H2,1-3H3. The maximum absolute atomic E-state index is 13.6. The number of carbonyl (C=O) groups excluding carboxylic acids is 1. The van der Waals surface area contributed by atoms with Crippen LogP contribution in [0.2, 0.25) is 0 Å². The molecule has 2 aliphatic rings. The number of nitrogens with zero attached hydrogens (tertiary/aromatic N) is 5. The van der Waals surface area contributed by atoms with Crippen molar-refractivity contribution in [1.82, 2.24) is 24.9 Å². The summed E-state index contributed by atoms with van der Waals surface area (Å²) in [5.41, 5.74) is 1.17. The van der Waals surface area contributed by atoms with Crippen LogP contribution in [0.15, 0.2) is 23.1 Å². The van der Waals surface area contributed by atoms with Crippen molar-refractivity contribution < 1.29 is 18.0 Å². The van der Waals surface area contributed by atoms with Crippen LogP contribution in [-0.2, 0) is 4.79 Å². The lowest BCUT2D eigenvalue weighted by Crippen LogP contribution is -2.52. The Hall–Kier alpha value is -2.72. The van der Waals surface area contributed by atoms with E-state index >= 15 is 0 Å². The van der Waals surface area contributed by atoms with Gasteiger partial charge in [-0.2, -0.15) is 5.10 Å². The highest BCUT2D eigenvalue weighted by atomic mass is 19.4. The average Bonchev–Trinajstić information content (AvgIpc) is 2.97. The monoisotopic (exact) mass is 399 g/mol. The highest BCUT2D eigenvalue weighted by Crippen LogP contribution is 2.31. The SMILES string of the molecule is CCNC1=CC=NC(Nc2cnn(C3CCC(=O)N(C)C3)c2C)N1C(F)(F)F. The smallest absolute Gasteiger partial charge is 0.372 e. The molecule has 2 aliphatic heterocycles. The quantitative estimate of drug-likeness (QED) is 0.741. The Morgan fingerprint density at radius 3 is 2.75 bits per heavy atom. The molecule has 0 aromatic carbocycles. The summed E-state index contributed by atoms with van der Waals surface area (Å²) < 4.78 is 42.6. The number of allylic oxidation sites excluding steroid dienone is 1. The molecule has 28 heavy (non-hydrogen) atoms. The van der Waals surface area contributed by atoms with Gasteiger partial charge in [0, 0.05) is 32.8 Å². The number of hydrogen-bond donors (Lipinski definition) is 2. The van der Waals surface area contributed by atoms with Gasteiger partial charge in [0.15, 0.2) is 0 Å². The van der Waals surface area contributed by atoms with Crippen molar-refractivity contribution in [3.8, 4) is 0 Å². The van der Waals surface area contributed by atoms with Crippen LogP contribution < -0.4 is 10.6 Å². The molecule has 0 aliphatic carbocycles. The van der Waals surface area contributed by atoms with Gasteiger partial charge in [-0.25, -0.2) is 9.89 Å². The van der Waals surface area contributed by atoms with Crippen molar-refractivity contribution in [2.75, 3.05) is 25.5 Å². The number of carbonyl (C=O) groups is 1. The van der Waals surface area contributed by atoms with Crippen LogP contribution in [0.5, 0.6) is 0 Å². The molecule has 1 saturated heterocycles. The van der Waals surface area contributed by atoms with Gasteiger partial charge in [0.05, 0.1) is 23.6 Å². The number of halogens is 3. The zero-order valence-corrected chi connectivity index (χ0v) is 16.0. The summed E-state index contributed by atoms with van der Waals surface area (Å²) >= 11 is 0. The molecule has 154 valence electrons. The maximum atomic E-state index is 13.6. The van der Waals surface area contributed by atoms with Crippen LogP contribution in [0, 0.1) is 6.92 Å². The number of amides is 1. The fourth-order valence-electron chi connectivity index (χ4n) is 3.44. The van der Waals surface area contributed by atoms with Crippen molar-refractivity contribution in [2.45, 2.75) is 45.3 Å². The van der Waals surface area contributed by atoms with E-state index in [0.29, 0.717) is 37.3 Å². The van der Waals surface area contributed by atoms with Gasteiger partial charge in [0.25, 0.3) is 0 Å². The second kappa shape index (κ2) is 7.72. The number of hydrogen-bond acceptors (Lipinski definition) is 6. The molecule has 1 fully saturated rings. The van der Waals surface area contributed by atoms with E-state index in [4.69, 9.17) is 0 Å². The van der Waals surface area contributed by atoms with Crippen LogP contribution in [0.1, 0.15) is 31.5 Å². The molecule has 3 heterocycles. The molecule has 2 N–H and O–H groups in total. The van der Waals surface area contributed by atoms with Gasteiger partial charge in [0.2, 0.25) is 12.2 Å². The number of anilines is 1. The lowest BCUT2D eigenvalue weighted by molar-refractivity contribution is -0.243. The zero-order valence-electron chi connectivity index (χ0n) is 16.0. The van der Waals surface area contributed by atoms with E-state index in [2.05, 4.69) is 20.7 Å². The largest absolute Gasteiger partial charge is 0.489 e. The zero-order chi connectivity index (χ0) is 20.5. The van der Waals surface area contributed by atoms with E-state index in [0.717, 1.165) is 0 Å². The number of likely N-dealkylation sites (tertiary alicyclic amines) is 1. The van der Waals surface area contributed by atoms with Gasteiger partial charge in [0.1, 0.15) is 5.82 Å². The predicted octanol–water partition coefficient (Wildman–Crippen LogP) is 2.04. The van der Waals surface area contributed by atoms with Gasteiger partial charge >= 0.3 is 6.30 Å². The van der Waals surface area contributed by atoms with Gasteiger partial charge in [-0.3, -0.25) is 9.48 Å². The van der Waals surface area contributed by atoms with Crippen molar-refractivity contribution in [3.05, 3.63) is 23.8 Å². The molecule has 11 heteroatoms. The first-order valence-corrected chi connectivity index (χ1v) is 9.10. The minimum atomic E-state index is -4.61. The molecule has 0 bridgehead atoms. The predicted molar refractivity (Wildman–Crippen MR) is 98.4 cm³/mol. The Bertz CT molecular complexity index is 786. The van der Waals surface area contributed by atoms with E-state index < -0.39 is 12.6 Å². The van der Waals surface area contributed by atoms with Crippen LogP contribution in [0.3, 0.4) is 0 Å².